The third-order valence-corrected chi connectivity index (χ3v) is 6.19. The molecule has 0 radical (unpaired) electrons. The second-order valence-corrected chi connectivity index (χ2v) is 7.76. The van der Waals surface area contributed by atoms with Crippen LogP contribution in [0.15, 0.2) is 24.3 Å². The van der Waals surface area contributed by atoms with E-state index in [1.807, 2.05) is 26.0 Å². The van der Waals surface area contributed by atoms with Gasteiger partial charge in [-0.1, -0.05) is 12.1 Å². The highest BCUT2D eigenvalue weighted by molar-refractivity contribution is 5.78. The van der Waals surface area contributed by atoms with Gasteiger partial charge in [0.2, 0.25) is 6.79 Å². The standard InChI is InChI=1S/C22H22O6/c1-10-4-12(5-11(2)21(10)25-3)18-13-6-16-17(28-9-27-16)7-14(13)20(23)15-8-26-22(24)19(15)18/h4-7,15,18-20,23H,8-9H2,1-3H3/t15-,18?,19?,20-/m0/s1. The van der Waals surface area contributed by atoms with Crippen LogP contribution in [-0.2, 0) is 9.53 Å². The van der Waals surface area contributed by atoms with Crippen molar-refractivity contribution in [2.24, 2.45) is 11.8 Å². The van der Waals surface area contributed by atoms with E-state index in [1.54, 1.807) is 7.11 Å². The van der Waals surface area contributed by atoms with E-state index >= 15 is 0 Å². The Hall–Kier alpha value is -2.73. The highest BCUT2D eigenvalue weighted by Crippen LogP contribution is 2.54. The Bertz CT molecular complexity index is 958. The lowest BCUT2D eigenvalue weighted by molar-refractivity contribution is -0.141. The van der Waals surface area contributed by atoms with Crippen molar-refractivity contribution < 1.29 is 28.8 Å². The van der Waals surface area contributed by atoms with Gasteiger partial charge in [-0.2, -0.15) is 0 Å². The van der Waals surface area contributed by atoms with Gasteiger partial charge in [-0.05, 0) is 53.8 Å². The number of cyclic esters (lactones) is 1. The minimum Gasteiger partial charge on any atom is -0.496 e. The zero-order valence-electron chi connectivity index (χ0n) is 16.0. The molecular formula is C22H22O6. The summed E-state index contributed by atoms with van der Waals surface area (Å²) < 4.78 is 22.0. The van der Waals surface area contributed by atoms with E-state index in [0.717, 1.165) is 33.6 Å². The van der Waals surface area contributed by atoms with Crippen molar-refractivity contribution in [1.82, 2.24) is 0 Å². The number of hydrogen-bond donors (Lipinski definition) is 1. The van der Waals surface area contributed by atoms with Gasteiger partial charge in [-0.3, -0.25) is 4.79 Å². The fourth-order valence-corrected chi connectivity index (χ4v) is 5.02. The number of fused-ring (bicyclic) bond motifs is 3. The van der Waals surface area contributed by atoms with Gasteiger partial charge in [0.05, 0.1) is 25.7 Å². The molecule has 0 amide bonds. The summed E-state index contributed by atoms with van der Waals surface area (Å²) in [4.78, 5) is 12.7. The second kappa shape index (κ2) is 6.14. The Morgan fingerprint density at radius 3 is 2.29 bits per heavy atom. The summed E-state index contributed by atoms with van der Waals surface area (Å²) in [5, 5.41) is 11.0. The zero-order valence-corrected chi connectivity index (χ0v) is 16.0. The van der Waals surface area contributed by atoms with Gasteiger partial charge in [-0.25, -0.2) is 0 Å². The topological polar surface area (TPSA) is 74.2 Å². The van der Waals surface area contributed by atoms with E-state index in [-0.39, 0.29) is 31.2 Å². The lowest BCUT2D eigenvalue weighted by Gasteiger charge is -2.37. The van der Waals surface area contributed by atoms with Gasteiger partial charge >= 0.3 is 5.97 Å². The number of aryl methyl sites for hydroxylation is 2. The molecule has 2 aromatic rings. The highest BCUT2D eigenvalue weighted by atomic mass is 16.7. The number of carbonyl (C=O) groups excluding carboxylic acids is 1. The number of aliphatic hydroxyl groups excluding tert-OH is 1. The summed E-state index contributed by atoms with van der Waals surface area (Å²) in [5.41, 5.74) is 4.69. The minimum absolute atomic E-state index is 0.161. The summed E-state index contributed by atoms with van der Waals surface area (Å²) in [7, 11) is 1.66. The summed E-state index contributed by atoms with van der Waals surface area (Å²) in [6, 6.07) is 7.87. The predicted molar refractivity (Wildman–Crippen MR) is 99.8 cm³/mol. The molecule has 146 valence electrons. The Balaban J connectivity index is 1.74. The van der Waals surface area contributed by atoms with E-state index < -0.39 is 12.0 Å². The third kappa shape index (κ3) is 2.34. The molecule has 0 spiro atoms. The van der Waals surface area contributed by atoms with E-state index in [2.05, 4.69) is 12.1 Å². The first kappa shape index (κ1) is 17.4. The molecule has 5 rings (SSSR count). The van der Waals surface area contributed by atoms with Crippen LogP contribution in [0, 0.1) is 25.7 Å². The van der Waals surface area contributed by atoms with Crippen molar-refractivity contribution in [2.75, 3.05) is 20.5 Å². The van der Waals surface area contributed by atoms with Crippen molar-refractivity contribution >= 4 is 5.97 Å². The average molecular weight is 382 g/mol. The maximum Gasteiger partial charge on any atom is 0.310 e. The fraction of sp³-hybridized carbons (Fsp3) is 0.409. The molecule has 4 atom stereocenters. The first-order valence-electron chi connectivity index (χ1n) is 9.43. The molecule has 2 heterocycles. The van der Waals surface area contributed by atoms with Crippen LogP contribution in [0.3, 0.4) is 0 Å². The number of carbonyl (C=O) groups is 1. The van der Waals surface area contributed by atoms with E-state index in [4.69, 9.17) is 18.9 Å². The van der Waals surface area contributed by atoms with E-state index in [1.165, 1.54) is 0 Å². The zero-order chi connectivity index (χ0) is 19.6. The van der Waals surface area contributed by atoms with Gasteiger partial charge in [0.25, 0.3) is 0 Å². The predicted octanol–water partition coefficient (Wildman–Crippen LogP) is 3.01. The number of hydrogen-bond acceptors (Lipinski definition) is 6. The van der Waals surface area contributed by atoms with Crippen LogP contribution in [-0.4, -0.2) is 31.6 Å². The largest absolute Gasteiger partial charge is 0.496 e. The summed E-state index contributed by atoms with van der Waals surface area (Å²) in [6.45, 7) is 4.38. The van der Waals surface area contributed by atoms with Gasteiger partial charge in [0.1, 0.15) is 5.75 Å². The highest BCUT2D eigenvalue weighted by Gasteiger charge is 2.52. The van der Waals surface area contributed by atoms with Gasteiger partial charge in [0.15, 0.2) is 11.5 Å². The molecule has 0 saturated carbocycles. The smallest absolute Gasteiger partial charge is 0.310 e. The van der Waals surface area contributed by atoms with Crippen molar-refractivity contribution in [2.45, 2.75) is 25.9 Å². The molecule has 28 heavy (non-hydrogen) atoms. The molecule has 6 nitrogen and oxygen atoms in total. The summed E-state index contributed by atoms with van der Waals surface area (Å²) in [5.74, 6) is 0.906. The van der Waals surface area contributed by atoms with Gasteiger partial charge in [-0.15, -0.1) is 0 Å². The number of esters is 1. The molecule has 0 aromatic heterocycles. The van der Waals surface area contributed by atoms with Crippen LogP contribution in [0.4, 0.5) is 0 Å². The van der Waals surface area contributed by atoms with Gasteiger partial charge < -0.3 is 24.1 Å². The molecule has 2 aliphatic heterocycles. The summed E-state index contributed by atoms with van der Waals surface area (Å²) in [6.07, 6.45) is -0.780. The van der Waals surface area contributed by atoms with Crippen LogP contribution in [0.1, 0.15) is 39.8 Å². The first-order chi connectivity index (χ1) is 13.5. The lowest BCUT2D eigenvalue weighted by atomic mass is 9.66. The maximum atomic E-state index is 12.7. The van der Waals surface area contributed by atoms with Crippen molar-refractivity contribution in [1.29, 1.82) is 0 Å². The normalized spacial score (nSPS) is 27.2. The number of benzene rings is 2. The number of rotatable bonds is 2. The molecule has 1 fully saturated rings. The maximum absolute atomic E-state index is 12.7. The van der Waals surface area contributed by atoms with E-state index in [9.17, 15) is 9.90 Å². The number of methoxy groups -OCH3 is 1. The lowest BCUT2D eigenvalue weighted by Crippen LogP contribution is -2.34. The minimum atomic E-state index is -0.780. The summed E-state index contributed by atoms with van der Waals surface area (Å²) >= 11 is 0. The SMILES string of the molecule is COc1c(C)cc(C2c3cc4c(cc3[C@H](O)[C@H]3COC(=O)C23)OCO4)cc1C. The Morgan fingerprint density at radius 2 is 1.64 bits per heavy atom. The molecule has 1 saturated heterocycles. The molecule has 1 aliphatic carbocycles. The fourth-order valence-electron chi connectivity index (χ4n) is 5.02. The molecule has 2 aromatic carbocycles. The second-order valence-electron chi connectivity index (χ2n) is 7.76. The van der Waals surface area contributed by atoms with Crippen LogP contribution < -0.4 is 14.2 Å². The first-order valence-corrected chi connectivity index (χ1v) is 9.43. The van der Waals surface area contributed by atoms with Gasteiger partial charge in [0, 0.05) is 11.8 Å². The molecule has 3 aliphatic rings. The molecule has 2 unspecified atom stereocenters. The van der Waals surface area contributed by atoms with Crippen LogP contribution in [0.2, 0.25) is 0 Å². The Kier molecular flexibility index (Phi) is 3.81. The number of ether oxygens (including phenoxy) is 4. The Morgan fingerprint density at radius 1 is 1.00 bits per heavy atom. The molecule has 0 bridgehead atoms. The molecular weight excluding hydrogens is 360 g/mol. The van der Waals surface area contributed by atoms with Crippen LogP contribution in [0.5, 0.6) is 17.2 Å². The van der Waals surface area contributed by atoms with Crippen LogP contribution >= 0.6 is 0 Å². The van der Waals surface area contributed by atoms with Crippen molar-refractivity contribution in [3.8, 4) is 17.2 Å². The monoisotopic (exact) mass is 382 g/mol. The third-order valence-electron chi connectivity index (χ3n) is 6.19. The van der Waals surface area contributed by atoms with Crippen molar-refractivity contribution in [3.63, 3.8) is 0 Å². The quantitative estimate of drug-likeness (QED) is 0.805. The molecule has 1 N–H and O–H groups in total. The Labute approximate surface area is 163 Å². The van der Waals surface area contributed by atoms with E-state index in [0.29, 0.717) is 11.5 Å². The van der Waals surface area contributed by atoms with Crippen LogP contribution in [0.25, 0.3) is 0 Å². The number of aliphatic hydroxyl groups is 1. The molecule has 6 heteroatoms. The average Bonchev–Trinajstić information content (AvgIpc) is 3.27. The van der Waals surface area contributed by atoms with Crippen molar-refractivity contribution in [3.05, 3.63) is 52.1 Å².